The fourth-order valence-corrected chi connectivity index (χ4v) is 3.54. The molecule has 1 atom stereocenters. The number of aromatic nitrogens is 4. The molecule has 0 saturated carbocycles. The van der Waals surface area contributed by atoms with Crippen molar-refractivity contribution in [2.24, 2.45) is 7.05 Å². The van der Waals surface area contributed by atoms with Gasteiger partial charge in [0.25, 0.3) is 5.91 Å². The van der Waals surface area contributed by atoms with Crippen molar-refractivity contribution in [3.05, 3.63) is 47.5 Å². The molecule has 0 aliphatic carbocycles. The van der Waals surface area contributed by atoms with E-state index in [4.69, 9.17) is 0 Å². The van der Waals surface area contributed by atoms with E-state index in [1.54, 1.807) is 0 Å². The second-order valence-corrected chi connectivity index (χ2v) is 7.11. The van der Waals surface area contributed by atoms with Gasteiger partial charge in [-0.15, -0.1) is 0 Å². The number of para-hydroxylation sites is 2. The Morgan fingerprint density at radius 3 is 2.88 bits per heavy atom. The van der Waals surface area contributed by atoms with Gasteiger partial charge in [-0.2, -0.15) is 5.10 Å². The van der Waals surface area contributed by atoms with Gasteiger partial charge in [0.15, 0.2) is 0 Å². The van der Waals surface area contributed by atoms with Gasteiger partial charge in [-0.3, -0.25) is 9.48 Å². The van der Waals surface area contributed by atoms with Crippen molar-refractivity contribution < 1.29 is 4.79 Å². The number of aryl methyl sites for hydroxylation is 1. The van der Waals surface area contributed by atoms with E-state index in [2.05, 4.69) is 45.0 Å². The predicted octanol–water partition coefficient (Wildman–Crippen LogP) is 1.23. The Morgan fingerprint density at radius 2 is 2.15 bits per heavy atom. The molecule has 7 heteroatoms. The lowest BCUT2D eigenvalue weighted by atomic mass is 10.2. The average Bonchev–Trinajstić information content (AvgIpc) is 3.27. The number of fused-ring (bicyclic) bond motifs is 2. The molecule has 0 radical (unpaired) electrons. The number of likely N-dealkylation sites (N-methyl/N-ethyl adjacent to an activating group) is 1. The summed E-state index contributed by atoms with van der Waals surface area (Å²) >= 11 is 0. The summed E-state index contributed by atoms with van der Waals surface area (Å²) in [7, 11) is 6.16. The van der Waals surface area contributed by atoms with Crippen LogP contribution in [-0.4, -0.2) is 56.8 Å². The lowest BCUT2D eigenvalue weighted by Gasteiger charge is -2.17. The first kappa shape index (κ1) is 16.8. The van der Waals surface area contributed by atoms with Gasteiger partial charge in [-0.25, -0.2) is 4.98 Å². The van der Waals surface area contributed by atoms with Crippen LogP contribution >= 0.6 is 0 Å². The van der Waals surface area contributed by atoms with E-state index < -0.39 is 0 Å². The maximum atomic E-state index is 12.4. The molecule has 4 rings (SSSR count). The largest absolute Gasteiger partial charge is 0.350 e. The normalized spacial score (nSPS) is 16.4. The van der Waals surface area contributed by atoms with Crippen LogP contribution in [0.4, 0.5) is 0 Å². The Labute approximate surface area is 152 Å². The molecule has 0 unspecified atom stereocenters. The van der Waals surface area contributed by atoms with Gasteiger partial charge in [0.1, 0.15) is 11.5 Å². The van der Waals surface area contributed by atoms with Gasteiger partial charge in [0.05, 0.1) is 17.6 Å². The number of rotatable bonds is 5. The van der Waals surface area contributed by atoms with Crippen LogP contribution in [0.2, 0.25) is 0 Å². The molecule has 26 heavy (non-hydrogen) atoms. The highest BCUT2D eigenvalue weighted by Gasteiger charge is 2.26. The standard InChI is InChI=1S/C19H24N6O/c1-23(2)14-10-13-11-16(22-25(13)12-14)19(26)20-9-8-18-21-15-6-4-5-7-17(15)24(18)3/h4-7,11,14H,8-10,12H2,1-3H3,(H,20,26)/t14-/m0/s1. The molecular formula is C19H24N6O. The molecule has 0 saturated heterocycles. The van der Waals surface area contributed by atoms with Crippen molar-refractivity contribution in [3.63, 3.8) is 0 Å². The third-order valence-electron chi connectivity index (χ3n) is 5.17. The van der Waals surface area contributed by atoms with Crippen molar-refractivity contribution >= 4 is 16.9 Å². The molecule has 3 heterocycles. The minimum absolute atomic E-state index is 0.118. The van der Waals surface area contributed by atoms with Crippen LogP contribution in [0, 0.1) is 0 Å². The van der Waals surface area contributed by atoms with E-state index in [1.807, 2.05) is 36.0 Å². The van der Waals surface area contributed by atoms with Gasteiger partial charge in [0.2, 0.25) is 0 Å². The minimum Gasteiger partial charge on any atom is -0.350 e. The van der Waals surface area contributed by atoms with E-state index >= 15 is 0 Å². The maximum Gasteiger partial charge on any atom is 0.271 e. The van der Waals surface area contributed by atoms with Gasteiger partial charge in [-0.05, 0) is 32.3 Å². The summed E-state index contributed by atoms with van der Waals surface area (Å²) in [5.41, 5.74) is 3.72. The van der Waals surface area contributed by atoms with Crippen LogP contribution in [0.5, 0.6) is 0 Å². The summed E-state index contributed by atoms with van der Waals surface area (Å²) in [4.78, 5) is 19.2. The molecule has 1 amide bonds. The highest BCUT2D eigenvalue weighted by molar-refractivity contribution is 5.92. The van der Waals surface area contributed by atoms with Gasteiger partial charge >= 0.3 is 0 Å². The first-order valence-electron chi connectivity index (χ1n) is 8.94. The Balaban J connectivity index is 1.36. The van der Waals surface area contributed by atoms with E-state index in [1.165, 1.54) is 0 Å². The van der Waals surface area contributed by atoms with E-state index in [9.17, 15) is 4.79 Å². The second-order valence-electron chi connectivity index (χ2n) is 7.11. The molecule has 0 spiro atoms. The fourth-order valence-electron chi connectivity index (χ4n) is 3.54. The molecule has 7 nitrogen and oxygen atoms in total. The Hall–Kier alpha value is -2.67. The number of amides is 1. The zero-order valence-corrected chi connectivity index (χ0v) is 15.4. The fraction of sp³-hybridized carbons (Fsp3) is 0.421. The summed E-state index contributed by atoms with van der Waals surface area (Å²) in [5, 5.41) is 7.42. The van der Waals surface area contributed by atoms with Gasteiger partial charge in [-0.1, -0.05) is 12.1 Å². The smallest absolute Gasteiger partial charge is 0.271 e. The predicted molar refractivity (Wildman–Crippen MR) is 100 cm³/mol. The zero-order chi connectivity index (χ0) is 18.3. The molecule has 136 valence electrons. The topological polar surface area (TPSA) is 68.0 Å². The van der Waals surface area contributed by atoms with Crippen molar-refractivity contribution in [2.75, 3.05) is 20.6 Å². The SMILES string of the molecule is CN(C)[C@H]1Cc2cc(C(=O)NCCc3nc4ccccc4n3C)nn2C1. The average molecular weight is 352 g/mol. The summed E-state index contributed by atoms with van der Waals surface area (Å²) in [6.07, 6.45) is 1.63. The number of carbonyl (C=O) groups is 1. The molecule has 2 aromatic heterocycles. The molecule has 1 aromatic carbocycles. The number of hydrogen-bond acceptors (Lipinski definition) is 4. The highest BCUT2D eigenvalue weighted by Crippen LogP contribution is 2.19. The van der Waals surface area contributed by atoms with Crippen molar-refractivity contribution in [1.82, 2.24) is 29.5 Å². The molecule has 0 bridgehead atoms. The van der Waals surface area contributed by atoms with Gasteiger partial charge in [0, 0.05) is 38.2 Å². The Kier molecular flexibility index (Phi) is 4.24. The third-order valence-corrected chi connectivity index (χ3v) is 5.17. The van der Waals surface area contributed by atoms with Crippen LogP contribution in [0.3, 0.4) is 0 Å². The zero-order valence-electron chi connectivity index (χ0n) is 15.4. The molecule has 1 N–H and O–H groups in total. The first-order valence-corrected chi connectivity index (χ1v) is 8.94. The molecule has 0 fully saturated rings. The second kappa shape index (κ2) is 6.57. The number of carbonyl (C=O) groups excluding carboxylic acids is 1. The molecule has 1 aliphatic heterocycles. The number of hydrogen-bond donors (Lipinski definition) is 1. The third kappa shape index (κ3) is 2.99. The van der Waals surface area contributed by atoms with E-state index in [0.717, 1.165) is 35.5 Å². The van der Waals surface area contributed by atoms with Gasteiger partial charge < -0.3 is 14.8 Å². The monoisotopic (exact) mass is 352 g/mol. The van der Waals surface area contributed by atoms with Crippen molar-refractivity contribution in [2.45, 2.75) is 25.4 Å². The summed E-state index contributed by atoms with van der Waals surface area (Å²) in [6, 6.07) is 10.4. The number of benzene rings is 1. The summed E-state index contributed by atoms with van der Waals surface area (Å²) in [5.74, 6) is 0.847. The molecule has 3 aromatic rings. The van der Waals surface area contributed by atoms with E-state index in [-0.39, 0.29) is 5.91 Å². The molecular weight excluding hydrogens is 328 g/mol. The first-order chi connectivity index (χ1) is 12.5. The van der Waals surface area contributed by atoms with Crippen LogP contribution in [0.25, 0.3) is 11.0 Å². The lowest BCUT2D eigenvalue weighted by molar-refractivity contribution is 0.0947. The van der Waals surface area contributed by atoms with Crippen molar-refractivity contribution in [1.29, 1.82) is 0 Å². The van der Waals surface area contributed by atoms with Crippen molar-refractivity contribution in [3.8, 4) is 0 Å². The quantitative estimate of drug-likeness (QED) is 0.750. The van der Waals surface area contributed by atoms with Crippen LogP contribution < -0.4 is 5.32 Å². The maximum absolute atomic E-state index is 12.4. The number of imidazole rings is 1. The van der Waals surface area contributed by atoms with Crippen LogP contribution in [0.15, 0.2) is 30.3 Å². The van der Waals surface area contributed by atoms with Crippen LogP contribution in [-0.2, 0) is 26.4 Å². The van der Waals surface area contributed by atoms with Crippen LogP contribution in [0.1, 0.15) is 22.0 Å². The Morgan fingerprint density at radius 1 is 1.35 bits per heavy atom. The number of nitrogens with zero attached hydrogens (tertiary/aromatic N) is 5. The summed E-state index contributed by atoms with van der Waals surface area (Å²) < 4.78 is 4.03. The summed E-state index contributed by atoms with van der Waals surface area (Å²) in [6.45, 7) is 1.38. The molecule has 1 aliphatic rings. The lowest BCUT2D eigenvalue weighted by Crippen LogP contribution is -2.30. The minimum atomic E-state index is -0.118. The highest BCUT2D eigenvalue weighted by atomic mass is 16.1. The Bertz CT molecular complexity index is 931. The van der Waals surface area contributed by atoms with E-state index in [0.29, 0.717) is 24.7 Å². The number of nitrogens with one attached hydrogen (secondary N) is 1.